The van der Waals surface area contributed by atoms with Crippen molar-refractivity contribution in [3.63, 3.8) is 0 Å². The van der Waals surface area contributed by atoms with Gasteiger partial charge in [-0.15, -0.1) is 0 Å². The van der Waals surface area contributed by atoms with Gasteiger partial charge in [-0.05, 0) is 12.1 Å². The number of benzene rings is 1. The number of sulfonamides is 1. The molecule has 0 aliphatic heterocycles. The van der Waals surface area contributed by atoms with Crippen LogP contribution in [0.5, 0.6) is 0 Å². The Morgan fingerprint density at radius 3 is 2.58 bits per heavy atom. The predicted octanol–water partition coefficient (Wildman–Crippen LogP) is 1.62. The normalized spacial score (nSPS) is 11.0. The van der Waals surface area contributed by atoms with Crippen LogP contribution in [-0.2, 0) is 10.0 Å². The lowest BCUT2D eigenvalue weighted by molar-refractivity contribution is 0.434. The van der Waals surface area contributed by atoms with Crippen molar-refractivity contribution in [2.45, 2.75) is 18.2 Å². The molecule has 0 amide bonds. The first-order valence-electron chi connectivity index (χ1n) is 5.54. The number of hydrogen-bond acceptors (Lipinski definition) is 4. The molecule has 0 aromatic heterocycles. The second kappa shape index (κ2) is 6.28. The molecule has 7 heteroatoms. The SMILES string of the molecule is CCN(CCC#N)S(=O)(=O)c1cccc(F)c1C#N. The highest BCUT2D eigenvalue weighted by Crippen LogP contribution is 2.22. The third-order valence-corrected chi connectivity index (χ3v) is 4.55. The maximum atomic E-state index is 13.4. The van der Waals surface area contributed by atoms with Gasteiger partial charge in [0.05, 0.1) is 6.07 Å². The van der Waals surface area contributed by atoms with Gasteiger partial charge >= 0.3 is 0 Å². The molecule has 0 spiro atoms. The Hall–Kier alpha value is -1.96. The van der Waals surface area contributed by atoms with Gasteiger partial charge in [0.1, 0.15) is 22.3 Å². The van der Waals surface area contributed by atoms with Crippen molar-refractivity contribution in [1.82, 2.24) is 4.31 Å². The van der Waals surface area contributed by atoms with Gasteiger partial charge in [0, 0.05) is 19.5 Å². The average Bonchev–Trinajstić information content (AvgIpc) is 2.39. The van der Waals surface area contributed by atoms with E-state index < -0.39 is 21.4 Å². The minimum atomic E-state index is -3.97. The van der Waals surface area contributed by atoms with E-state index in [4.69, 9.17) is 10.5 Å². The van der Waals surface area contributed by atoms with Crippen LogP contribution in [0.1, 0.15) is 18.9 Å². The summed E-state index contributed by atoms with van der Waals surface area (Å²) in [5, 5.41) is 17.4. The van der Waals surface area contributed by atoms with Gasteiger partial charge in [0.25, 0.3) is 0 Å². The molecule has 0 aliphatic carbocycles. The van der Waals surface area contributed by atoms with E-state index in [2.05, 4.69) is 0 Å². The minimum absolute atomic E-state index is 0.0106. The molecule has 0 radical (unpaired) electrons. The Balaban J connectivity index is 3.32. The number of rotatable bonds is 5. The van der Waals surface area contributed by atoms with Crippen molar-refractivity contribution < 1.29 is 12.8 Å². The Kier molecular flexibility index (Phi) is 4.99. The topological polar surface area (TPSA) is 85.0 Å². The highest BCUT2D eigenvalue weighted by atomic mass is 32.2. The monoisotopic (exact) mass is 281 g/mol. The van der Waals surface area contributed by atoms with Gasteiger partial charge < -0.3 is 0 Å². The summed E-state index contributed by atoms with van der Waals surface area (Å²) < 4.78 is 39.1. The van der Waals surface area contributed by atoms with Crippen LogP contribution in [0.25, 0.3) is 0 Å². The lowest BCUT2D eigenvalue weighted by Gasteiger charge is -2.19. The van der Waals surface area contributed by atoms with Crippen LogP contribution in [0.3, 0.4) is 0 Å². The van der Waals surface area contributed by atoms with E-state index in [1.165, 1.54) is 12.1 Å². The van der Waals surface area contributed by atoms with Crippen molar-refractivity contribution >= 4 is 10.0 Å². The molecule has 0 heterocycles. The van der Waals surface area contributed by atoms with Crippen molar-refractivity contribution in [1.29, 1.82) is 10.5 Å². The smallest absolute Gasteiger partial charge is 0.207 e. The summed E-state index contributed by atoms with van der Waals surface area (Å²) in [4.78, 5) is -0.366. The zero-order valence-corrected chi connectivity index (χ0v) is 11.1. The highest BCUT2D eigenvalue weighted by Gasteiger charge is 2.27. The van der Waals surface area contributed by atoms with E-state index in [1.807, 2.05) is 6.07 Å². The summed E-state index contributed by atoms with van der Waals surface area (Å²) in [7, 11) is -3.97. The fourth-order valence-electron chi connectivity index (χ4n) is 1.59. The first kappa shape index (κ1) is 15.1. The second-order valence-corrected chi connectivity index (χ2v) is 5.54. The molecule has 0 N–H and O–H groups in total. The van der Waals surface area contributed by atoms with Crippen molar-refractivity contribution in [2.24, 2.45) is 0 Å². The fraction of sp³-hybridized carbons (Fsp3) is 0.333. The summed E-state index contributed by atoms with van der Waals surface area (Å²) in [5.41, 5.74) is -0.502. The zero-order chi connectivity index (χ0) is 14.5. The zero-order valence-electron chi connectivity index (χ0n) is 10.3. The van der Waals surface area contributed by atoms with E-state index in [0.717, 1.165) is 10.4 Å². The molecule has 19 heavy (non-hydrogen) atoms. The largest absolute Gasteiger partial charge is 0.244 e. The maximum absolute atomic E-state index is 13.4. The minimum Gasteiger partial charge on any atom is -0.207 e. The van der Waals surface area contributed by atoms with Gasteiger partial charge in [-0.2, -0.15) is 14.8 Å². The lowest BCUT2D eigenvalue weighted by atomic mass is 10.2. The molecule has 5 nitrogen and oxygen atoms in total. The molecule has 0 unspecified atom stereocenters. The molecule has 1 aromatic rings. The third-order valence-electron chi connectivity index (χ3n) is 2.53. The quantitative estimate of drug-likeness (QED) is 0.820. The summed E-state index contributed by atoms with van der Waals surface area (Å²) >= 11 is 0. The molecule has 0 atom stereocenters. The van der Waals surface area contributed by atoms with Crippen molar-refractivity contribution in [3.8, 4) is 12.1 Å². The van der Waals surface area contributed by atoms with Crippen LogP contribution in [0, 0.1) is 28.5 Å². The number of hydrogen-bond donors (Lipinski definition) is 0. The molecule has 0 saturated heterocycles. The van der Waals surface area contributed by atoms with Crippen molar-refractivity contribution in [3.05, 3.63) is 29.6 Å². The highest BCUT2D eigenvalue weighted by molar-refractivity contribution is 7.89. The maximum Gasteiger partial charge on any atom is 0.244 e. The van der Waals surface area contributed by atoms with E-state index in [9.17, 15) is 12.8 Å². The molecule has 1 rings (SSSR count). The Morgan fingerprint density at radius 2 is 2.05 bits per heavy atom. The van der Waals surface area contributed by atoms with Crippen LogP contribution in [-0.4, -0.2) is 25.8 Å². The molecule has 100 valence electrons. The van der Waals surface area contributed by atoms with Gasteiger partial charge in [0.2, 0.25) is 10.0 Å². The summed E-state index contributed by atoms with van der Waals surface area (Å²) in [5.74, 6) is -0.875. The Bertz CT molecular complexity index is 644. The third kappa shape index (κ3) is 3.08. The van der Waals surface area contributed by atoms with Crippen LogP contribution < -0.4 is 0 Å². The van der Waals surface area contributed by atoms with E-state index in [-0.39, 0.29) is 24.4 Å². The summed E-state index contributed by atoms with van der Waals surface area (Å²) in [6.07, 6.45) is 0.0320. The van der Waals surface area contributed by atoms with Crippen molar-refractivity contribution in [2.75, 3.05) is 13.1 Å². The number of nitrogens with zero attached hydrogens (tertiary/aromatic N) is 3. The summed E-state index contributed by atoms with van der Waals surface area (Å²) in [6, 6.07) is 6.86. The summed E-state index contributed by atoms with van der Waals surface area (Å²) in [6.45, 7) is 1.77. The number of halogens is 1. The lowest BCUT2D eigenvalue weighted by Crippen LogP contribution is -2.32. The Morgan fingerprint density at radius 1 is 1.37 bits per heavy atom. The Labute approximate surface area is 111 Å². The van der Waals surface area contributed by atoms with Crippen LogP contribution >= 0.6 is 0 Å². The second-order valence-electron chi connectivity index (χ2n) is 3.63. The van der Waals surface area contributed by atoms with Gasteiger partial charge in [-0.25, -0.2) is 12.8 Å². The van der Waals surface area contributed by atoms with Gasteiger partial charge in [-0.3, -0.25) is 0 Å². The van der Waals surface area contributed by atoms with Crippen LogP contribution in [0.4, 0.5) is 4.39 Å². The van der Waals surface area contributed by atoms with E-state index in [1.54, 1.807) is 13.0 Å². The molecular formula is C12H12FN3O2S. The number of nitriles is 2. The molecule has 0 bridgehead atoms. The molecular weight excluding hydrogens is 269 g/mol. The van der Waals surface area contributed by atoms with E-state index >= 15 is 0 Å². The molecule has 0 fully saturated rings. The standard InChI is InChI=1S/C12H12FN3O2S/c1-2-16(8-4-7-14)19(17,18)12-6-3-5-11(13)10(12)9-15/h3,5-6H,2,4,8H2,1H3. The van der Waals surface area contributed by atoms with Gasteiger partial charge in [-0.1, -0.05) is 13.0 Å². The van der Waals surface area contributed by atoms with Crippen LogP contribution in [0.15, 0.2) is 23.1 Å². The first-order valence-corrected chi connectivity index (χ1v) is 6.98. The fourth-order valence-corrected chi connectivity index (χ4v) is 3.19. The molecule has 0 saturated carbocycles. The molecule has 0 aliphatic rings. The predicted molar refractivity (Wildman–Crippen MR) is 65.8 cm³/mol. The first-order chi connectivity index (χ1) is 8.98. The van der Waals surface area contributed by atoms with Crippen LogP contribution in [0.2, 0.25) is 0 Å². The van der Waals surface area contributed by atoms with Gasteiger partial charge in [0.15, 0.2) is 0 Å². The van der Waals surface area contributed by atoms with E-state index in [0.29, 0.717) is 0 Å². The average molecular weight is 281 g/mol. The molecule has 1 aromatic carbocycles.